The second-order valence-corrected chi connectivity index (χ2v) is 6.58. The summed E-state index contributed by atoms with van der Waals surface area (Å²) in [4.78, 5) is 17.5. The first-order chi connectivity index (χ1) is 12.2. The highest BCUT2D eigenvalue weighted by molar-refractivity contribution is 5.96. The first-order valence-electron chi connectivity index (χ1n) is 8.72. The smallest absolute Gasteiger partial charge is 0.228 e. The number of benzene rings is 1. The Kier molecular flexibility index (Phi) is 4.10. The highest BCUT2D eigenvalue weighted by atomic mass is 16.2. The Balaban J connectivity index is 1.77. The van der Waals surface area contributed by atoms with E-state index in [1.165, 1.54) is 0 Å². The molecule has 1 aromatic carbocycles. The van der Waals surface area contributed by atoms with Crippen molar-refractivity contribution in [1.82, 2.24) is 9.38 Å². The van der Waals surface area contributed by atoms with Gasteiger partial charge >= 0.3 is 0 Å². The summed E-state index contributed by atoms with van der Waals surface area (Å²) in [6, 6.07) is 14.1. The van der Waals surface area contributed by atoms with Gasteiger partial charge in [-0.1, -0.05) is 42.5 Å². The maximum Gasteiger partial charge on any atom is 0.228 e. The third-order valence-electron chi connectivity index (χ3n) is 4.71. The average Bonchev–Trinajstić information content (AvgIpc) is 3.00. The molecule has 1 amide bonds. The van der Waals surface area contributed by atoms with Crippen LogP contribution in [-0.2, 0) is 4.79 Å². The van der Waals surface area contributed by atoms with E-state index in [-0.39, 0.29) is 11.8 Å². The van der Waals surface area contributed by atoms with Crippen LogP contribution in [-0.4, -0.2) is 15.3 Å². The summed E-state index contributed by atoms with van der Waals surface area (Å²) in [5.41, 5.74) is 3.80. The van der Waals surface area contributed by atoms with Crippen LogP contribution >= 0.6 is 0 Å². The van der Waals surface area contributed by atoms with Gasteiger partial charge in [-0.2, -0.15) is 0 Å². The lowest BCUT2D eigenvalue weighted by atomic mass is 9.93. The molecule has 126 valence electrons. The zero-order valence-electron chi connectivity index (χ0n) is 14.3. The predicted octanol–water partition coefficient (Wildman–Crippen LogP) is 4.60. The normalized spacial score (nSPS) is 16.9. The molecular weight excluding hydrogens is 310 g/mol. The molecule has 0 saturated heterocycles. The molecule has 3 aromatic rings. The van der Waals surface area contributed by atoms with Crippen molar-refractivity contribution >= 4 is 17.4 Å². The number of fused-ring (bicyclic) bond motifs is 1. The van der Waals surface area contributed by atoms with Crippen LogP contribution < -0.4 is 5.32 Å². The minimum Gasteiger partial charge on any atom is -0.310 e. The Morgan fingerprint density at radius 3 is 2.80 bits per heavy atom. The van der Waals surface area contributed by atoms with E-state index in [2.05, 4.69) is 17.5 Å². The number of aryl methyl sites for hydroxylation is 1. The molecular formula is C21H21N3O. The van der Waals surface area contributed by atoms with Gasteiger partial charge in [0.05, 0.1) is 0 Å². The number of rotatable bonds is 3. The molecule has 2 heterocycles. The molecule has 2 aromatic heterocycles. The van der Waals surface area contributed by atoms with E-state index < -0.39 is 0 Å². The Morgan fingerprint density at radius 1 is 1.20 bits per heavy atom. The number of anilines is 1. The van der Waals surface area contributed by atoms with Crippen LogP contribution in [0, 0.1) is 12.8 Å². The first-order valence-corrected chi connectivity index (χ1v) is 8.72. The van der Waals surface area contributed by atoms with Gasteiger partial charge in [0.2, 0.25) is 5.91 Å². The predicted molar refractivity (Wildman–Crippen MR) is 100 cm³/mol. The Hall–Kier alpha value is -2.88. The van der Waals surface area contributed by atoms with Crippen LogP contribution in [0.1, 0.15) is 24.8 Å². The van der Waals surface area contributed by atoms with Gasteiger partial charge in [-0.15, -0.1) is 0 Å². The molecule has 4 heteroatoms. The van der Waals surface area contributed by atoms with Crippen molar-refractivity contribution in [2.75, 3.05) is 5.32 Å². The monoisotopic (exact) mass is 331 g/mol. The Bertz CT molecular complexity index is 940. The number of aromatic nitrogens is 2. The van der Waals surface area contributed by atoms with E-state index in [1.807, 2.05) is 60.0 Å². The van der Waals surface area contributed by atoms with Crippen molar-refractivity contribution in [3.63, 3.8) is 0 Å². The number of amides is 1. The highest BCUT2D eigenvalue weighted by Crippen LogP contribution is 2.30. The highest BCUT2D eigenvalue weighted by Gasteiger charge is 2.22. The van der Waals surface area contributed by atoms with Crippen molar-refractivity contribution in [2.24, 2.45) is 5.92 Å². The molecule has 25 heavy (non-hydrogen) atoms. The van der Waals surface area contributed by atoms with Crippen molar-refractivity contribution in [1.29, 1.82) is 0 Å². The molecule has 1 atom stereocenters. The second-order valence-electron chi connectivity index (χ2n) is 6.58. The fourth-order valence-electron chi connectivity index (χ4n) is 3.31. The number of carbonyl (C=O) groups is 1. The fraction of sp³-hybridized carbons (Fsp3) is 0.238. The van der Waals surface area contributed by atoms with Gasteiger partial charge in [0.25, 0.3) is 0 Å². The van der Waals surface area contributed by atoms with E-state index >= 15 is 0 Å². The number of pyridine rings is 1. The molecule has 0 fully saturated rings. The molecule has 1 aliphatic carbocycles. The molecule has 0 radical (unpaired) electrons. The zero-order chi connectivity index (χ0) is 17.2. The third kappa shape index (κ3) is 3.07. The van der Waals surface area contributed by atoms with Crippen molar-refractivity contribution in [2.45, 2.75) is 26.2 Å². The van der Waals surface area contributed by atoms with Crippen molar-refractivity contribution < 1.29 is 4.79 Å². The van der Waals surface area contributed by atoms with Gasteiger partial charge in [-0.3, -0.25) is 9.20 Å². The Morgan fingerprint density at radius 2 is 2.04 bits per heavy atom. The topological polar surface area (TPSA) is 46.4 Å². The summed E-state index contributed by atoms with van der Waals surface area (Å²) < 4.78 is 1.96. The first kappa shape index (κ1) is 15.6. The molecule has 0 bridgehead atoms. The molecule has 0 spiro atoms. The largest absolute Gasteiger partial charge is 0.310 e. The molecule has 4 nitrogen and oxygen atoms in total. The van der Waals surface area contributed by atoms with E-state index in [9.17, 15) is 4.79 Å². The number of imidazole rings is 1. The summed E-state index contributed by atoms with van der Waals surface area (Å²) in [6.07, 6.45) is 8.90. The number of carbonyl (C=O) groups excluding carboxylic acids is 1. The molecule has 1 N–H and O–H groups in total. The van der Waals surface area contributed by atoms with E-state index in [1.54, 1.807) is 0 Å². The zero-order valence-corrected chi connectivity index (χ0v) is 14.3. The summed E-state index contributed by atoms with van der Waals surface area (Å²) in [5.74, 6) is 0.856. The summed E-state index contributed by atoms with van der Waals surface area (Å²) in [5, 5.41) is 3.15. The van der Waals surface area contributed by atoms with Crippen LogP contribution in [0.2, 0.25) is 0 Å². The third-order valence-corrected chi connectivity index (χ3v) is 4.71. The minimum atomic E-state index is 0.0321. The van der Waals surface area contributed by atoms with Crippen LogP contribution in [0.15, 0.2) is 60.8 Å². The molecule has 1 aliphatic rings. The number of allylic oxidation sites excluding steroid dienone is 2. The SMILES string of the molecule is Cc1ccn2c(NC(=O)[C@@H]3CC=CCC3)c(-c3ccccc3)nc2c1. The fourth-order valence-corrected chi connectivity index (χ4v) is 3.31. The summed E-state index contributed by atoms with van der Waals surface area (Å²) >= 11 is 0. The maximum atomic E-state index is 12.8. The van der Waals surface area contributed by atoms with Crippen LogP contribution in [0.25, 0.3) is 16.9 Å². The van der Waals surface area contributed by atoms with E-state index in [0.29, 0.717) is 0 Å². The van der Waals surface area contributed by atoms with Crippen LogP contribution in [0.4, 0.5) is 5.82 Å². The summed E-state index contributed by atoms with van der Waals surface area (Å²) in [6.45, 7) is 2.05. The number of hydrogen-bond donors (Lipinski definition) is 1. The lowest BCUT2D eigenvalue weighted by Gasteiger charge is -2.17. The van der Waals surface area contributed by atoms with E-state index in [4.69, 9.17) is 4.98 Å². The number of hydrogen-bond acceptors (Lipinski definition) is 2. The number of nitrogens with zero attached hydrogens (tertiary/aromatic N) is 2. The van der Waals surface area contributed by atoms with Gasteiger partial charge in [-0.25, -0.2) is 4.98 Å². The second kappa shape index (κ2) is 6.55. The lowest BCUT2D eigenvalue weighted by molar-refractivity contribution is -0.120. The Labute approximate surface area is 147 Å². The van der Waals surface area contributed by atoms with Crippen LogP contribution in [0.5, 0.6) is 0 Å². The number of nitrogens with one attached hydrogen (secondary N) is 1. The minimum absolute atomic E-state index is 0.0321. The van der Waals surface area contributed by atoms with Gasteiger partial charge in [0, 0.05) is 17.7 Å². The lowest BCUT2D eigenvalue weighted by Crippen LogP contribution is -2.24. The van der Waals surface area contributed by atoms with Crippen LogP contribution in [0.3, 0.4) is 0 Å². The molecule has 0 saturated carbocycles. The van der Waals surface area contributed by atoms with E-state index in [0.717, 1.165) is 47.5 Å². The van der Waals surface area contributed by atoms with Gasteiger partial charge in [0.15, 0.2) is 0 Å². The molecule has 0 aliphatic heterocycles. The quantitative estimate of drug-likeness (QED) is 0.713. The standard InChI is InChI=1S/C21H21N3O/c1-15-12-13-24-18(14-15)22-19(16-8-4-2-5-9-16)20(24)23-21(25)17-10-6-3-7-11-17/h2-6,8-9,12-14,17H,7,10-11H2,1H3,(H,23,25)/t17-/m1/s1. The van der Waals surface area contributed by atoms with Gasteiger partial charge in [-0.05, 0) is 43.9 Å². The molecule has 0 unspecified atom stereocenters. The average molecular weight is 331 g/mol. The maximum absolute atomic E-state index is 12.8. The van der Waals surface area contributed by atoms with Gasteiger partial charge < -0.3 is 5.32 Å². The molecule has 4 rings (SSSR count). The summed E-state index contributed by atoms with van der Waals surface area (Å²) in [7, 11) is 0. The van der Waals surface area contributed by atoms with Crippen molar-refractivity contribution in [3.8, 4) is 11.3 Å². The van der Waals surface area contributed by atoms with Crippen molar-refractivity contribution in [3.05, 3.63) is 66.4 Å². The van der Waals surface area contributed by atoms with Gasteiger partial charge in [0.1, 0.15) is 17.2 Å².